The van der Waals surface area contributed by atoms with Crippen molar-refractivity contribution in [2.45, 2.75) is 12.8 Å². The zero-order valence-corrected chi connectivity index (χ0v) is 13.2. The molecule has 0 aliphatic carbocycles. The Morgan fingerprint density at radius 3 is 3.05 bits per heavy atom. The third kappa shape index (κ3) is 2.74. The summed E-state index contributed by atoms with van der Waals surface area (Å²) in [4.78, 5) is 8.31. The molecule has 0 spiro atoms. The number of hydrogen-bond donors (Lipinski definition) is 1. The summed E-state index contributed by atoms with van der Waals surface area (Å²) >= 11 is 1.64. The van der Waals surface area contributed by atoms with Gasteiger partial charge in [-0.3, -0.25) is 4.90 Å². The maximum absolute atomic E-state index is 5.85. The Kier molecular flexibility index (Phi) is 3.60. The summed E-state index contributed by atoms with van der Waals surface area (Å²) in [7, 11) is 0. The number of benzene rings is 1. The number of hydrogen-bond acceptors (Lipinski definition) is 5. The zero-order valence-electron chi connectivity index (χ0n) is 12.4. The normalized spacial score (nSPS) is 17.9. The van der Waals surface area contributed by atoms with Gasteiger partial charge in [0.15, 0.2) is 5.13 Å². The average Bonchev–Trinajstić information content (AvgIpc) is 2.80. The van der Waals surface area contributed by atoms with Crippen LogP contribution in [0.2, 0.25) is 0 Å². The molecular weight excluding hydrogens is 294 g/mol. The predicted octanol–water partition coefficient (Wildman–Crippen LogP) is 2.60. The number of rotatable bonds is 2. The van der Waals surface area contributed by atoms with Crippen LogP contribution in [0.25, 0.3) is 6.08 Å². The number of nitrogens with zero attached hydrogens (tertiary/aromatic N) is 2. The van der Waals surface area contributed by atoms with Crippen molar-refractivity contribution in [1.29, 1.82) is 0 Å². The van der Waals surface area contributed by atoms with Crippen LogP contribution in [-0.4, -0.2) is 36.1 Å². The summed E-state index contributed by atoms with van der Waals surface area (Å²) in [5, 5.41) is 0.707. The van der Waals surface area contributed by atoms with E-state index in [0.717, 1.165) is 38.2 Å². The number of thiazole rings is 1. The summed E-state index contributed by atoms with van der Waals surface area (Å²) in [6.07, 6.45) is 4.32. The van der Waals surface area contributed by atoms with E-state index in [4.69, 9.17) is 10.5 Å². The first-order valence-electron chi connectivity index (χ1n) is 7.65. The fourth-order valence-corrected chi connectivity index (χ4v) is 4.00. The molecule has 0 unspecified atom stereocenters. The van der Waals surface area contributed by atoms with Crippen LogP contribution in [0.3, 0.4) is 0 Å². The van der Waals surface area contributed by atoms with E-state index in [-0.39, 0.29) is 0 Å². The lowest BCUT2D eigenvalue weighted by Crippen LogP contribution is -2.30. The van der Waals surface area contributed by atoms with E-state index in [9.17, 15) is 0 Å². The van der Waals surface area contributed by atoms with Crippen LogP contribution in [0, 0.1) is 0 Å². The summed E-state index contributed by atoms with van der Waals surface area (Å²) in [5.41, 5.74) is 9.54. The van der Waals surface area contributed by atoms with Crippen LogP contribution in [0.15, 0.2) is 29.8 Å². The Morgan fingerprint density at radius 2 is 2.09 bits per heavy atom. The van der Waals surface area contributed by atoms with E-state index < -0.39 is 0 Å². The molecule has 0 fully saturated rings. The molecule has 3 heterocycles. The quantitative estimate of drug-likeness (QED) is 0.926. The number of fused-ring (bicyclic) bond motifs is 2. The Bertz CT molecular complexity index is 697. The summed E-state index contributed by atoms with van der Waals surface area (Å²) < 4.78 is 5.85. The van der Waals surface area contributed by atoms with Gasteiger partial charge in [0.05, 0.1) is 5.69 Å². The molecule has 2 aliphatic heterocycles. The van der Waals surface area contributed by atoms with E-state index >= 15 is 0 Å². The van der Waals surface area contributed by atoms with Crippen LogP contribution < -0.4 is 10.5 Å². The second kappa shape index (κ2) is 5.74. The summed E-state index contributed by atoms with van der Waals surface area (Å²) in [6.45, 7) is 3.77. The van der Waals surface area contributed by atoms with E-state index in [1.165, 1.54) is 21.7 Å². The number of nitrogens with two attached hydrogens (primary N) is 1. The van der Waals surface area contributed by atoms with E-state index in [1.54, 1.807) is 11.3 Å². The van der Waals surface area contributed by atoms with Gasteiger partial charge < -0.3 is 10.5 Å². The number of anilines is 1. The minimum Gasteiger partial charge on any atom is -0.489 e. The van der Waals surface area contributed by atoms with Crippen LogP contribution in [0.1, 0.15) is 16.1 Å². The maximum atomic E-state index is 5.85. The first-order chi connectivity index (χ1) is 10.8. The molecule has 2 aromatic rings. The molecule has 1 aromatic heterocycles. The molecule has 5 heteroatoms. The lowest BCUT2D eigenvalue weighted by atomic mass is 10.1. The van der Waals surface area contributed by atoms with Gasteiger partial charge in [-0.2, -0.15) is 0 Å². The molecule has 1 aromatic carbocycles. The highest BCUT2D eigenvalue weighted by atomic mass is 32.1. The Hall–Kier alpha value is -1.85. The second-order valence-corrected chi connectivity index (χ2v) is 6.94. The van der Waals surface area contributed by atoms with Gasteiger partial charge in [0.1, 0.15) is 12.4 Å². The fourth-order valence-electron chi connectivity index (χ4n) is 3.13. The van der Waals surface area contributed by atoms with Crippen molar-refractivity contribution in [2.75, 3.05) is 32.0 Å². The number of aromatic nitrogens is 1. The highest BCUT2D eigenvalue weighted by molar-refractivity contribution is 7.15. The van der Waals surface area contributed by atoms with Crippen molar-refractivity contribution in [2.24, 2.45) is 0 Å². The van der Waals surface area contributed by atoms with Gasteiger partial charge in [0.25, 0.3) is 0 Å². The van der Waals surface area contributed by atoms with Gasteiger partial charge >= 0.3 is 0 Å². The van der Waals surface area contributed by atoms with Crippen molar-refractivity contribution in [3.63, 3.8) is 0 Å². The van der Waals surface area contributed by atoms with Gasteiger partial charge in [0.2, 0.25) is 0 Å². The molecular formula is C17H19N3OS. The molecule has 4 rings (SSSR count). The first kappa shape index (κ1) is 13.8. The van der Waals surface area contributed by atoms with Gasteiger partial charge in [-0.1, -0.05) is 18.2 Å². The van der Waals surface area contributed by atoms with Gasteiger partial charge in [-0.25, -0.2) is 4.98 Å². The number of ether oxygens (including phenoxy) is 1. The Balaban J connectivity index is 1.45. The number of nitrogen functional groups attached to an aromatic ring is 1. The van der Waals surface area contributed by atoms with E-state index in [0.29, 0.717) is 11.7 Å². The van der Waals surface area contributed by atoms with Crippen molar-refractivity contribution in [3.8, 4) is 5.75 Å². The van der Waals surface area contributed by atoms with E-state index in [2.05, 4.69) is 28.1 Å². The predicted molar refractivity (Wildman–Crippen MR) is 90.3 cm³/mol. The van der Waals surface area contributed by atoms with Gasteiger partial charge in [-0.05, 0) is 24.1 Å². The Labute approximate surface area is 134 Å². The monoisotopic (exact) mass is 313 g/mol. The van der Waals surface area contributed by atoms with Crippen LogP contribution in [0.5, 0.6) is 5.75 Å². The highest BCUT2D eigenvalue weighted by Gasteiger charge is 2.19. The van der Waals surface area contributed by atoms with E-state index in [1.807, 2.05) is 12.1 Å². The number of para-hydroxylation sites is 1. The first-order valence-corrected chi connectivity index (χ1v) is 8.47. The lowest BCUT2D eigenvalue weighted by molar-refractivity contribution is 0.282. The molecule has 2 N–H and O–H groups in total. The van der Waals surface area contributed by atoms with Crippen molar-refractivity contribution in [1.82, 2.24) is 9.88 Å². The third-order valence-electron chi connectivity index (χ3n) is 4.23. The highest BCUT2D eigenvalue weighted by Crippen LogP contribution is 2.27. The molecule has 2 aliphatic rings. The fraction of sp³-hybridized carbons (Fsp3) is 0.353. The zero-order chi connectivity index (χ0) is 14.9. The second-order valence-electron chi connectivity index (χ2n) is 5.83. The van der Waals surface area contributed by atoms with Crippen molar-refractivity contribution < 1.29 is 4.74 Å². The molecule has 0 saturated heterocycles. The molecule has 0 atom stereocenters. The Morgan fingerprint density at radius 1 is 1.23 bits per heavy atom. The third-order valence-corrected chi connectivity index (χ3v) is 5.22. The standard InChI is InChI=1S/C17H19N3OS/c18-17-19-14-5-7-20(8-6-16(14)22-17)10-12-9-13-3-1-2-4-15(13)21-11-12/h1-4,9H,5-8,10-11H2,(H2,18,19). The molecule has 4 nitrogen and oxygen atoms in total. The van der Waals surface area contributed by atoms with Crippen LogP contribution >= 0.6 is 11.3 Å². The molecule has 0 amide bonds. The molecule has 22 heavy (non-hydrogen) atoms. The summed E-state index contributed by atoms with van der Waals surface area (Å²) in [5.74, 6) is 0.990. The molecule has 0 bridgehead atoms. The topological polar surface area (TPSA) is 51.4 Å². The van der Waals surface area contributed by atoms with Gasteiger partial charge in [0, 0.05) is 36.5 Å². The van der Waals surface area contributed by atoms with Crippen molar-refractivity contribution in [3.05, 3.63) is 46.0 Å². The van der Waals surface area contributed by atoms with Crippen molar-refractivity contribution >= 4 is 22.5 Å². The maximum Gasteiger partial charge on any atom is 0.180 e. The largest absolute Gasteiger partial charge is 0.489 e. The SMILES string of the molecule is Nc1nc2c(s1)CCN(CC1=Cc3ccccc3OC1)CC2. The smallest absolute Gasteiger partial charge is 0.180 e. The average molecular weight is 313 g/mol. The van der Waals surface area contributed by atoms with Crippen LogP contribution in [-0.2, 0) is 12.8 Å². The van der Waals surface area contributed by atoms with Crippen LogP contribution in [0.4, 0.5) is 5.13 Å². The molecule has 0 saturated carbocycles. The molecule has 114 valence electrons. The minimum absolute atomic E-state index is 0.695. The molecule has 0 radical (unpaired) electrons. The minimum atomic E-state index is 0.695. The summed E-state index contributed by atoms with van der Waals surface area (Å²) in [6, 6.07) is 8.22. The van der Waals surface area contributed by atoms with Gasteiger partial charge in [-0.15, -0.1) is 11.3 Å². The lowest BCUT2D eigenvalue weighted by Gasteiger charge is -2.24.